The highest BCUT2D eigenvalue weighted by Crippen LogP contribution is 2.30. The summed E-state index contributed by atoms with van der Waals surface area (Å²) in [6, 6.07) is 0.782. The van der Waals surface area contributed by atoms with Gasteiger partial charge in [0.1, 0.15) is 0 Å². The van der Waals surface area contributed by atoms with Crippen LogP contribution in [0.3, 0.4) is 0 Å². The second-order valence-corrected chi connectivity index (χ2v) is 4.53. The summed E-state index contributed by atoms with van der Waals surface area (Å²) in [6.07, 6.45) is 7.02. The zero-order valence-corrected chi connectivity index (χ0v) is 9.19. The third kappa shape index (κ3) is 2.67. The molecule has 0 heterocycles. The molecule has 1 aliphatic rings. The Balaban J connectivity index is 2.40. The van der Waals surface area contributed by atoms with Crippen LogP contribution in [0, 0.1) is 5.92 Å². The lowest BCUT2D eigenvalue weighted by Gasteiger charge is -2.29. The van der Waals surface area contributed by atoms with Gasteiger partial charge in [-0.3, -0.25) is 0 Å². The van der Waals surface area contributed by atoms with E-state index >= 15 is 0 Å². The van der Waals surface area contributed by atoms with Crippen molar-refractivity contribution in [1.29, 1.82) is 0 Å². The molecule has 1 nitrogen and oxygen atoms in total. The van der Waals surface area contributed by atoms with Crippen molar-refractivity contribution in [1.82, 2.24) is 4.90 Å². The molecule has 1 fully saturated rings. The van der Waals surface area contributed by atoms with Crippen molar-refractivity contribution in [2.45, 2.75) is 38.1 Å². The van der Waals surface area contributed by atoms with Gasteiger partial charge in [0.15, 0.2) is 0 Å². The van der Waals surface area contributed by atoms with E-state index in [9.17, 15) is 0 Å². The van der Waals surface area contributed by atoms with Crippen LogP contribution < -0.4 is 0 Å². The predicted octanol–water partition coefficient (Wildman–Crippen LogP) is 2.43. The van der Waals surface area contributed by atoms with E-state index in [2.05, 4.69) is 31.6 Å². The molecule has 1 saturated carbocycles. The lowest BCUT2D eigenvalue weighted by Crippen LogP contribution is -2.34. The lowest BCUT2D eigenvalue weighted by atomic mass is 9.95. The molecule has 1 aliphatic carbocycles. The van der Waals surface area contributed by atoms with Crippen LogP contribution >= 0.6 is 12.6 Å². The smallest absolute Gasteiger partial charge is 0.0125 e. The summed E-state index contributed by atoms with van der Waals surface area (Å²) >= 11 is 4.32. The van der Waals surface area contributed by atoms with Crippen molar-refractivity contribution < 1.29 is 0 Å². The van der Waals surface area contributed by atoms with Gasteiger partial charge < -0.3 is 4.90 Å². The molecule has 0 aliphatic heterocycles. The fourth-order valence-electron chi connectivity index (χ4n) is 2.39. The van der Waals surface area contributed by atoms with Crippen molar-refractivity contribution in [2.75, 3.05) is 19.8 Å². The average molecular weight is 187 g/mol. The van der Waals surface area contributed by atoms with Gasteiger partial charge in [-0.05, 0) is 45.0 Å². The molecule has 12 heavy (non-hydrogen) atoms. The summed E-state index contributed by atoms with van der Waals surface area (Å²) < 4.78 is 0. The van der Waals surface area contributed by atoms with Gasteiger partial charge in [0.25, 0.3) is 0 Å². The molecule has 1 rings (SSSR count). The maximum absolute atomic E-state index is 4.32. The number of hydrogen-bond acceptors (Lipinski definition) is 2. The first-order valence-electron chi connectivity index (χ1n) is 5.03. The SMILES string of the molecule is CN(C)C(CCS)C1CCCC1. The highest BCUT2D eigenvalue weighted by molar-refractivity contribution is 7.80. The van der Waals surface area contributed by atoms with E-state index in [1.807, 2.05) is 0 Å². The number of thiol groups is 1. The first-order chi connectivity index (χ1) is 5.75. The number of nitrogens with zero attached hydrogens (tertiary/aromatic N) is 1. The van der Waals surface area contributed by atoms with Crippen LogP contribution in [0.5, 0.6) is 0 Å². The summed E-state index contributed by atoms with van der Waals surface area (Å²) in [5, 5.41) is 0. The second kappa shape index (κ2) is 5.13. The molecular formula is C10H21NS. The van der Waals surface area contributed by atoms with E-state index < -0.39 is 0 Å². The fourth-order valence-corrected chi connectivity index (χ4v) is 2.65. The molecule has 0 aromatic heterocycles. The van der Waals surface area contributed by atoms with Crippen LogP contribution in [0.2, 0.25) is 0 Å². The Bertz CT molecular complexity index is 119. The maximum atomic E-state index is 4.32. The molecular weight excluding hydrogens is 166 g/mol. The summed E-state index contributed by atoms with van der Waals surface area (Å²) in [5.41, 5.74) is 0. The number of rotatable bonds is 4. The maximum Gasteiger partial charge on any atom is 0.0125 e. The largest absolute Gasteiger partial charge is 0.306 e. The molecule has 0 spiro atoms. The third-order valence-corrected chi connectivity index (χ3v) is 3.29. The highest BCUT2D eigenvalue weighted by atomic mass is 32.1. The van der Waals surface area contributed by atoms with Gasteiger partial charge in [0.2, 0.25) is 0 Å². The van der Waals surface area contributed by atoms with Crippen molar-refractivity contribution in [2.24, 2.45) is 5.92 Å². The molecule has 0 N–H and O–H groups in total. The Morgan fingerprint density at radius 3 is 2.33 bits per heavy atom. The van der Waals surface area contributed by atoms with Crippen molar-refractivity contribution in [3.05, 3.63) is 0 Å². The Labute approximate surface area is 81.9 Å². The zero-order valence-electron chi connectivity index (χ0n) is 8.29. The number of hydrogen-bond donors (Lipinski definition) is 1. The molecule has 0 aromatic carbocycles. The highest BCUT2D eigenvalue weighted by Gasteiger charge is 2.25. The van der Waals surface area contributed by atoms with Gasteiger partial charge in [-0.2, -0.15) is 12.6 Å². The first kappa shape index (κ1) is 10.4. The van der Waals surface area contributed by atoms with Crippen molar-refractivity contribution in [3.63, 3.8) is 0 Å². The summed E-state index contributed by atoms with van der Waals surface area (Å²) in [6.45, 7) is 0. The molecule has 1 atom stereocenters. The van der Waals surface area contributed by atoms with E-state index in [1.54, 1.807) is 0 Å². The Morgan fingerprint density at radius 2 is 1.92 bits per heavy atom. The van der Waals surface area contributed by atoms with Crippen LogP contribution in [0.4, 0.5) is 0 Å². The van der Waals surface area contributed by atoms with E-state index in [0.29, 0.717) is 0 Å². The van der Waals surface area contributed by atoms with Gasteiger partial charge in [-0.25, -0.2) is 0 Å². The molecule has 0 bridgehead atoms. The summed E-state index contributed by atoms with van der Waals surface area (Å²) in [5.74, 6) is 1.98. The molecule has 2 heteroatoms. The van der Waals surface area contributed by atoms with Gasteiger partial charge in [-0.15, -0.1) is 0 Å². The Hall–Kier alpha value is 0.310. The van der Waals surface area contributed by atoms with Crippen LogP contribution in [-0.4, -0.2) is 30.8 Å². The lowest BCUT2D eigenvalue weighted by molar-refractivity contribution is 0.206. The quantitative estimate of drug-likeness (QED) is 0.662. The summed E-state index contributed by atoms with van der Waals surface area (Å²) in [4.78, 5) is 2.38. The van der Waals surface area contributed by atoms with Gasteiger partial charge >= 0.3 is 0 Å². The Morgan fingerprint density at radius 1 is 1.33 bits per heavy atom. The first-order valence-corrected chi connectivity index (χ1v) is 5.66. The normalized spacial score (nSPS) is 22.0. The van der Waals surface area contributed by atoms with Crippen LogP contribution in [-0.2, 0) is 0 Å². The fraction of sp³-hybridized carbons (Fsp3) is 1.00. The van der Waals surface area contributed by atoms with Crippen LogP contribution in [0.1, 0.15) is 32.1 Å². The van der Waals surface area contributed by atoms with Crippen LogP contribution in [0.25, 0.3) is 0 Å². The van der Waals surface area contributed by atoms with E-state index in [0.717, 1.165) is 17.7 Å². The molecule has 0 amide bonds. The molecule has 1 unspecified atom stereocenters. The van der Waals surface area contributed by atoms with E-state index in [4.69, 9.17) is 0 Å². The average Bonchev–Trinajstić information content (AvgIpc) is 2.51. The van der Waals surface area contributed by atoms with Crippen molar-refractivity contribution in [3.8, 4) is 0 Å². The predicted molar refractivity (Wildman–Crippen MR) is 57.9 cm³/mol. The monoisotopic (exact) mass is 187 g/mol. The minimum atomic E-state index is 0.782. The Kier molecular flexibility index (Phi) is 4.44. The molecule has 0 aromatic rings. The van der Waals surface area contributed by atoms with E-state index in [1.165, 1.54) is 32.1 Å². The third-order valence-electron chi connectivity index (χ3n) is 3.03. The second-order valence-electron chi connectivity index (χ2n) is 4.09. The molecule has 0 radical (unpaired) electrons. The van der Waals surface area contributed by atoms with Gasteiger partial charge in [0.05, 0.1) is 0 Å². The van der Waals surface area contributed by atoms with Crippen LogP contribution in [0.15, 0.2) is 0 Å². The van der Waals surface area contributed by atoms with Gasteiger partial charge in [-0.1, -0.05) is 12.8 Å². The zero-order chi connectivity index (χ0) is 8.97. The molecule has 72 valence electrons. The van der Waals surface area contributed by atoms with E-state index in [-0.39, 0.29) is 0 Å². The topological polar surface area (TPSA) is 3.24 Å². The molecule has 0 saturated heterocycles. The standard InChI is InChI=1S/C10H21NS/c1-11(2)10(7-8-12)9-5-3-4-6-9/h9-10,12H,3-8H2,1-2H3. The van der Waals surface area contributed by atoms with Crippen molar-refractivity contribution >= 4 is 12.6 Å². The minimum absolute atomic E-state index is 0.782. The summed E-state index contributed by atoms with van der Waals surface area (Å²) in [7, 11) is 4.40. The minimum Gasteiger partial charge on any atom is -0.306 e. The van der Waals surface area contributed by atoms with Gasteiger partial charge in [0, 0.05) is 6.04 Å².